The Kier molecular flexibility index (Phi) is 5.47. The summed E-state index contributed by atoms with van der Waals surface area (Å²) in [5.41, 5.74) is 0. The molecule has 2 unspecified atom stereocenters. The highest BCUT2D eigenvalue weighted by atomic mass is 32.2. The molecular weight excluding hydrogens is 208 g/mol. The summed E-state index contributed by atoms with van der Waals surface area (Å²) >= 11 is 1.94. The van der Waals surface area contributed by atoms with Gasteiger partial charge in [0.25, 0.3) is 0 Å². The number of nitrogens with zero attached hydrogens (tertiary/aromatic N) is 1. The van der Waals surface area contributed by atoms with Crippen LogP contribution in [-0.2, 0) is 4.79 Å². The molecule has 0 aliphatic carbocycles. The molecule has 1 N–H and O–H groups in total. The van der Waals surface area contributed by atoms with Gasteiger partial charge in [-0.2, -0.15) is 11.8 Å². The van der Waals surface area contributed by atoms with Gasteiger partial charge in [0.05, 0.1) is 6.54 Å². The number of thioether (sulfide) groups is 1. The summed E-state index contributed by atoms with van der Waals surface area (Å²) in [6.07, 6.45) is 1.07. The number of amides is 1. The second kappa shape index (κ2) is 6.38. The maximum atomic E-state index is 11.9. The van der Waals surface area contributed by atoms with Crippen LogP contribution >= 0.6 is 11.8 Å². The largest absolute Gasteiger partial charge is 0.337 e. The lowest BCUT2D eigenvalue weighted by Gasteiger charge is -2.33. The fraction of sp³-hybridized carbons (Fsp3) is 0.909. The van der Waals surface area contributed by atoms with E-state index >= 15 is 0 Å². The highest BCUT2D eigenvalue weighted by Gasteiger charge is 2.22. The summed E-state index contributed by atoms with van der Waals surface area (Å²) in [5.74, 6) is 2.41. The Morgan fingerprint density at radius 2 is 2.40 bits per heavy atom. The minimum absolute atomic E-state index is 0.253. The summed E-state index contributed by atoms with van der Waals surface area (Å²) in [6, 6.07) is 0.832. The fourth-order valence-electron chi connectivity index (χ4n) is 1.61. The van der Waals surface area contributed by atoms with Crippen molar-refractivity contribution in [3.8, 4) is 0 Å². The molecule has 1 rings (SSSR count). The predicted octanol–water partition coefficient (Wildman–Crippen LogP) is 1.34. The smallest absolute Gasteiger partial charge is 0.236 e. The molecule has 0 aromatic rings. The summed E-state index contributed by atoms with van der Waals surface area (Å²) < 4.78 is 0. The van der Waals surface area contributed by atoms with Crippen LogP contribution < -0.4 is 5.32 Å². The van der Waals surface area contributed by atoms with Crippen LogP contribution in [0.3, 0.4) is 0 Å². The maximum absolute atomic E-state index is 11.9. The minimum Gasteiger partial charge on any atom is -0.337 e. The Bertz CT molecular complexity index is 211. The number of hydrogen-bond donors (Lipinski definition) is 1. The first-order valence-corrected chi connectivity index (χ1v) is 6.91. The maximum Gasteiger partial charge on any atom is 0.236 e. The Hall–Kier alpha value is -0.220. The molecule has 0 bridgehead atoms. The van der Waals surface area contributed by atoms with Gasteiger partial charge in [-0.1, -0.05) is 6.92 Å². The molecule has 0 saturated carbocycles. The van der Waals surface area contributed by atoms with E-state index in [1.54, 1.807) is 0 Å². The molecule has 4 heteroatoms. The second-order valence-electron chi connectivity index (χ2n) is 4.20. The number of rotatable bonds is 4. The van der Waals surface area contributed by atoms with Crippen molar-refractivity contribution in [3.05, 3.63) is 0 Å². The van der Waals surface area contributed by atoms with Crippen molar-refractivity contribution in [1.82, 2.24) is 10.2 Å². The van der Waals surface area contributed by atoms with Gasteiger partial charge in [0.1, 0.15) is 0 Å². The van der Waals surface area contributed by atoms with E-state index in [0.717, 1.165) is 24.5 Å². The van der Waals surface area contributed by atoms with Crippen LogP contribution in [0.5, 0.6) is 0 Å². The van der Waals surface area contributed by atoms with Crippen molar-refractivity contribution in [2.24, 2.45) is 0 Å². The van der Waals surface area contributed by atoms with Crippen LogP contribution in [0.1, 0.15) is 27.2 Å². The third-order valence-corrected chi connectivity index (χ3v) is 4.09. The highest BCUT2D eigenvalue weighted by molar-refractivity contribution is 7.99. The Morgan fingerprint density at radius 1 is 1.67 bits per heavy atom. The molecule has 1 aliphatic rings. The minimum atomic E-state index is 0.253. The number of nitrogens with one attached hydrogen (secondary N) is 1. The average Bonchev–Trinajstić information content (AvgIpc) is 2.26. The van der Waals surface area contributed by atoms with Crippen LogP contribution in [0, 0.1) is 0 Å². The lowest BCUT2D eigenvalue weighted by Crippen LogP contribution is -2.48. The van der Waals surface area contributed by atoms with Crippen LogP contribution in [0.25, 0.3) is 0 Å². The fourth-order valence-corrected chi connectivity index (χ4v) is 2.62. The molecule has 0 aromatic heterocycles. The van der Waals surface area contributed by atoms with Crippen molar-refractivity contribution >= 4 is 17.7 Å². The SMILES string of the molecule is CCC(C)NCC(=O)N1CCSCC1C. The average molecular weight is 230 g/mol. The summed E-state index contributed by atoms with van der Waals surface area (Å²) in [7, 11) is 0. The van der Waals surface area contributed by atoms with Gasteiger partial charge in [-0.25, -0.2) is 0 Å². The Labute approximate surface area is 97.0 Å². The van der Waals surface area contributed by atoms with Gasteiger partial charge in [-0.3, -0.25) is 4.79 Å². The van der Waals surface area contributed by atoms with Crippen molar-refractivity contribution in [1.29, 1.82) is 0 Å². The Balaban J connectivity index is 2.32. The quantitative estimate of drug-likeness (QED) is 0.791. The lowest BCUT2D eigenvalue weighted by molar-refractivity contribution is -0.131. The molecular formula is C11H22N2OS. The molecule has 0 aromatic carbocycles. The summed E-state index contributed by atoms with van der Waals surface area (Å²) in [6.45, 7) is 7.77. The molecule has 15 heavy (non-hydrogen) atoms. The van der Waals surface area contributed by atoms with Crippen LogP contribution in [0.4, 0.5) is 0 Å². The van der Waals surface area contributed by atoms with E-state index in [1.165, 1.54) is 0 Å². The normalized spacial score (nSPS) is 23.9. The molecule has 1 aliphatic heterocycles. The van der Waals surface area contributed by atoms with Crippen LogP contribution in [0.2, 0.25) is 0 Å². The molecule has 1 saturated heterocycles. The first-order chi connectivity index (χ1) is 7.15. The first-order valence-electron chi connectivity index (χ1n) is 5.75. The second-order valence-corrected chi connectivity index (χ2v) is 5.35. The Morgan fingerprint density at radius 3 is 3.00 bits per heavy atom. The van der Waals surface area contributed by atoms with Crippen LogP contribution in [0.15, 0.2) is 0 Å². The summed E-state index contributed by atoms with van der Waals surface area (Å²) in [4.78, 5) is 13.9. The molecule has 1 amide bonds. The van der Waals surface area contributed by atoms with Gasteiger partial charge in [0, 0.05) is 30.1 Å². The van der Waals surface area contributed by atoms with Gasteiger partial charge >= 0.3 is 0 Å². The van der Waals surface area contributed by atoms with E-state index in [2.05, 4.69) is 26.1 Å². The zero-order valence-electron chi connectivity index (χ0n) is 9.95. The van der Waals surface area contributed by atoms with Gasteiger partial charge in [0.2, 0.25) is 5.91 Å². The van der Waals surface area contributed by atoms with E-state index < -0.39 is 0 Å². The van der Waals surface area contributed by atoms with Gasteiger partial charge in [0.15, 0.2) is 0 Å². The molecule has 1 heterocycles. The van der Waals surface area contributed by atoms with Gasteiger partial charge in [-0.05, 0) is 20.3 Å². The topological polar surface area (TPSA) is 32.3 Å². The number of hydrogen-bond acceptors (Lipinski definition) is 3. The predicted molar refractivity (Wildman–Crippen MR) is 66.3 cm³/mol. The lowest BCUT2D eigenvalue weighted by atomic mass is 10.2. The molecule has 2 atom stereocenters. The van der Waals surface area contributed by atoms with E-state index in [0.29, 0.717) is 18.6 Å². The standard InChI is InChI=1S/C11H22N2OS/c1-4-9(2)12-7-11(14)13-5-6-15-8-10(13)3/h9-10,12H,4-8H2,1-3H3. The zero-order chi connectivity index (χ0) is 11.3. The molecule has 3 nitrogen and oxygen atoms in total. The number of carbonyl (C=O) groups is 1. The van der Waals surface area contributed by atoms with Crippen molar-refractivity contribution in [2.45, 2.75) is 39.3 Å². The zero-order valence-corrected chi connectivity index (χ0v) is 10.8. The van der Waals surface area contributed by atoms with E-state index in [9.17, 15) is 4.79 Å². The third kappa shape index (κ3) is 4.03. The van der Waals surface area contributed by atoms with Gasteiger partial charge in [-0.15, -0.1) is 0 Å². The molecule has 0 spiro atoms. The number of carbonyl (C=O) groups excluding carboxylic acids is 1. The summed E-state index contributed by atoms with van der Waals surface area (Å²) in [5, 5.41) is 3.25. The molecule has 1 fully saturated rings. The van der Waals surface area contributed by atoms with E-state index in [4.69, 9.17) is 0 Å². The molecule has 0 radical (unpaired) electrons. The monoisotopic (exact) mass is 230 g/mol. The molecule has 88 valence electrons. The van der Waals surface area contributed by atoms with Gasteiger partial charge < -0.3 is 10.2 Å². The highest BCUT2D eigenvalue weighted by Crippen LogP contribution is 2.15. The van der Waals surface area contributed by atoms with E-state index in [-0.39, 0.29) is 5.91 Å². The van der Waals surface area contributed by atoms with Crippen molar-refractivity contribution in [3.63, 3.8) is 0 Å². The van der Waals surface area contributed by atoms with E-state index in [1.807, 2.05) is 16.7 Å². The van der Waals surface area contributed by atoms with Crippen molar-refractivity contribution < 1.29 is 4.79 Å². The van der Waals surface area contributed by atoms with Crippen LogP contribution in [-0.4, -0.2) is 47.5 Å². The third-order valence-electron chi connectivity index (χ3n) is 2.90. The first kappa shape index (κ1) is 12.8. The van der Waals surface area contributed by atoms with Crippen molar-refractivity contribution in [2.75, 3.05) is 24.6 Å².